The third kappa shape index (κ3) is 5.84. The van der Waals surface area contributed by atoms with Gasteiger partial charge in [-0.15, -0.1) is 0 Å². The summed E-state index contributed by atoms with van der Waals surface area (Å²) in [5.74, 6) is 0.753. The van der Waals surface area contributed by atoms with Gasteiger partial charge in [-0.05, 0) is 20.8 Å². The van der Waals surface area contributed by atoms with Crippen LogP contribution in [-0.4, -0.2) is 42.3 Å². The van der Waals surface area contributed by atoms with Crippen molar-refractivity contribution in [2.45, 2.75) is 53.3 Å². The molecule has 0 aliphatic carbocycles. The van der Waals surface area contributed by atoms with E-state index in [2.05, 4.69) is 29.1 Å². The van der Waals surface area contributed by atoms with E-state index in [0.717, 1.165) is 30.3 Å². The Labute approximate surface area is 122 Å². The van der Waals surface area contributed by atoms with Crippen LogP contribution >= 0.6 is 0 Å². The van der Waals surface area contributed by atoms with Gasteiger partial charge in [0, 0.05) is 43.6 Å². The fourth-order valence-electron chi connectivity index (χ4n) is 1.68. The quantitative estimate of drug-likeness (QED) is 0.790. The minimum Gasteiger partial charge on any atom is -0.377 e. The molecule has 0 aliphatic rings. The van der Waals surface area contributed by atoms with Gasteiger partial charge in [-0.25, -0.2) is 9.97 Å². The molecule has 0 saturated carbocycles. The first-order valence-corrected chi connectivity index (χ1v) is 7.28. The summed E-state index contributed by atoms with van der Waals surface area (Å²) >= 11 is 0. The second-order valence-electron chi connectivity index (χ2n) is 5.66. The van der Waals surface area contributed by atoms with Crippen molar-refractivity contribution in [2.75, 3.05) is 25.1 Å². The molecule has 0 spiro atoms. The van der Waals surface area contributed by atoms with Crippen molar-refractivity contribution in [1.29, 1.82) is 0 Å². The predicted molar refractivity (Wildman–Crippen MR) is 83.1 cm³/mol. The Morgan fingerprint density at radius 3 is 2.55 bits per heavy atom. The maximum absolute atomic E-state index is 5.55. The summed E-state index contributed by atoms with van der Waals surface area (Å²) in [6.45, 7) is 12.7. The number of likely N-dealkylation sites (N-methyl/N-ethyl adjacent to an activating group) is 1. The van der Waals surface area contributed by atoms with Crippen molar-refractivity contribution in [1.82, 2.24) is 15.3 Å². The molecule has 1 aromatic heterocycles. The average Bonchev–Trinajstić information content (AvgIpc) is 2.36. The lowest BCUT2D eigenvalue weighted by Gasteiger charge is -2.19. The number of aryl methyl sites for hydroxylation is 1. The summed E-state index contributed by atoms with van der Waals surface area (Å²) in [4.78, 5) is 11.0. The van der Waals surface area contributed by atoms with Crippen LogP contribution < -0.4 is 10.2 Å². The van der Waals surface area contributed by atoms with Crippen molar-refractivity contribution >= 4 is 5.95 Å². The van der Waals surface area contributed by atoms with E-state index in [1.54, 1.807) is 0 Å². The highest BCUT2D eigenvalue weighted by Gasteiger charge is 2.08. The Morgan fingerprint density at radius 1 is 1.30 bits per heavy atom. The standard InChI is InChI=1S/C15H28N4O/c1-11(2)16-9-14-10-17-15(18-13(14)5)19(6)7-8-20-12(3)4/h10-12,16H,7-9H2,1-6H3. The molecule has 0 amide bonds. The number of aromatic nitrogens is 2. The molecule has 0 fully saturated rings. The minimum absolute atomic E-state index is 0.260. The van der Waals surface area contributed by atoms with E-state index in [4.69, 9.17) is 4.74 Å². The molecule has 0 aliphatic heterocycles. The monoisotopic (exact) mass is 280 g/mol. The smallest absolute Gasteiger partial charge is 0.225 e. The highest BCUT2D eigenvalue weighted by molar-refractivity contribution is 5.31. The Balaban J connectivity index is 2.57. The summed E-state index contributed by atoms with van der Waals surface area (Å²) in [6.07, 6.45) is 2.17. The van der Waals surface area contributed by atoms with Crippen LogP contribution in [0.25, 0.3) is 0 Å². The molecule has 1 N–H and O–H groups in total. The van der Waals surface area contributed by atoms with E-state index in [0.29, 0.717) is 12.6 Å². The lowest BCUT2D eigenvalue weighted by Crippen LogP contribution is -2.27. The first kappa shape index (κ1) is 16.9. The number of hydrogen-bond donors (Lipinski definition) is 1. The van der Waals surface area contributed by atoms with Crippen LogP contribution in [-0.2, 0) is 11.3 Å². The first-order chi connectivity index (χ1) is 9.40. The molecule has 0 saturated heterocycles. The molecule has 1 rings (SSSR count). The number of rotatable bonds is 8. The highest BCUT2D eigenvalue weighted by atomic mass is 16.5. The van der Waals surface area contributed by atoms with Gasteiger partial charge in [0.2, 0.25) is 5.95 Å². The second kappa shape index (κ2) is 8.17. The van der Waals surface area contributed by atoms with Crippen LogP contribution in [0.4, 0.5) is 5.95 Å². The number of hydrogen-bond acceptors (Lipinski definition) is 5. The van der Waals surface area contributed by atoms with Crippen LogP contribution in [0.2, 0.25) is 0 Å². The number of nitrogens with zero attached hydrogens (tertiary/aromatic N) is 3. The molecule has 0 bridgehead atoms. The summed E-state index contributed by atoms with van der Waals surface area (Å²) in [5.41, 5.74) is 2.18. The van der Waals surface area contributed by atoms with Gasteiger partial charge in [0.1, 0.15) is 0 Å². The van der Waals surface area contributed by atoms with Crippen molar-refractivity contribution in [3.8, 4) is 0 Å². The third-order valence-electron chi connectivity index (χ3n) is 2.99. The zero-order chi connectivity index (χ0) is 15.1. The lowest BCUT2D eigenvalue weighted by molar-refractivity contribution is 0.0844. The van der Waals surface area contributed by atoms with Gasteiger partial charge >= 0.3 is 0 Å². The zero-order valence-corrected chi connectivity index (χ0v) is 13.6. The van der Waals surface area contributed by atoms with Crippen molar-refractivity contribution in [3.63, 3.8) is 0 Å². The van der Waals surface area contributed by atoms with E-state index in [-0.39, 0.29) is 6.10 Å². The highest BCUT2D eigenvalue weighted by Crippen LogP contribution is 2.10. The third-order valence-corrected chi connectivity index (χ3v) is 2.99. The molecule has 1 heterocycles. The largest absolute Gasteiger partial charge is 0.377 e. The van der Waals surface area contributed by atoms with E-state index < -0.39 is 0 Å². The zero-order valence-electron chi connectivity index (χ0n) is 13.6. The maximum atomic E-state index is 5.55. The first-order valence-electron chi connectivity index (χ1n) is 7.28. The number of ether oxygens (including phenoxy) is 1. The Hall–Kier alpha value is -1.20. The molecule has 0 aromatic carbocycles. The molecule has 5 nitrogen and oxygen atoms in total. The second-order valence-corrected chi connectivity index (χ2v) is 5.66. The summed E-state index contributed by atoms with van der Waals surface area (Å²) in [6, 6.07) is 0.463. The Bertz CT molecular complexity index is 407. The predicted octanol–water partition coefficient (Wildman–Crippen LogP) is 2.14. The molecule has 1 aromatic rings. The molecule has 0 unspecified atom stereocenters. The van der Waals surface area contributed by atoms with Gasteiger partial charge in [0.05, 0.1) is 12.7 Å². The van der Waals surface area contributed by atoms with Gasteiger partial charge in [-0.3, -0.25) is 0 Å². The lowest BCUT2D eigenvalue weighted by atomic mass is 10.2. The molecule has 114 valence electrons. The maximum Gasteiger partial charge on any atom is 0.225 e. The molecule has 20 heavy (non-hydrogen) atoms. The van der Waals surface area contributed by atoms with Crippen LogP contribution in [0.3, 0.4) is 0 Å². The van der Waals surface area contributed by atoms with E-state index in [1.165, 1.54) is 0 Å². The van der Waals surface area contributed by atoms with Crippen molar-refractivity contribution < 1.29 is 4.74 Å². The van der Waals surface area contributed by atoms with Gasteiger partial charge < -0.3 is 15.0 Å². The summed E-state index contributed by atoms with van der Waals surface area (Å²) in [5, 5.41) is 3.38. The average molecular weight is 280 g/mol. The fourth-order valence-corrected chi connectivity index (χ4v) is 1.68. The molecular formula is C15H28N4O. The molecule has 5 heteroatoms. The number of anilines is 1. The Morgan fingerprint density at radius 2 is 2.00 bits per heavy atom. The van der Waals surface area contributed by atoms with E-state index in [1.807, 2.05) is 38.9 Å². The van der Waals surface area contributed by atoms with Crippen LogP contribution in [0, 0.1) is 6.92 Å². The van der Waals surface area contributed by atoms with Crippen molar-refractivity contribution in [3.05, 3.63) is 17.5 Å². The van der Waals surface area contributed by atoms with Crippen molar-refractivity contribution in [2.24, 2.45) is 0 Å². The summed E-state index contributed by atoms with van der Waals surface area (Å²) < 4.78 is 5.55. The van der Waals surface area contributed by atoms with E-state index in [9.17, 15) is 0 Å². The van der Waals surface area contributed by atoms with Gasteiger partial charge in [-0.2, -0.15) is 0 Å². The van der Waals surface area contributed by atoms with Crippen LogP contribution in [0.5, 0.6) is 0 Å². The Kier molecular flexibility index (Phi) is 6.88. The molecular weight excluding hydrogens is 252 g/mol. The van der Waals surface area contributed by atoms with Crippen LogP contribution in [0.15, 0.2) is 6.20 Å². The normalized spacial score (nSPS) is 11.4. The molecule has 0 radical (unpaired) electrons. The van der Waals surface area contributed by atoms with Crippen LogP contribution in [0.1, 0.15) is 39.0 Å². The SMILES string of the molecule is Cc1nc(N(C)CCOC(C)C)ncc1CNC(C)C. The molecule has 0 atom stereocenters. The minimum atomic E-state index is 0.260. The van der Waals surface area contributed by atoms with Gasteiger partial charge in [-0.1, -0.05) is 13.8 Å². The van der Waals surface area contributed by atoms with Gasteiger partial charge in [0.25, 0.3) is 0 Å². The van der Waals surface area contributed by atoms with Gasteiger partial charge in [0.15, 0.2) is 0 Å². The summed E-state index contributed by atoms with van der Waals surface area (Å²) in [7, 11) is 1.99. The van der Waals surface area contributed by atoms with E-state index >= 15 is 0 Å². The number of nitrogens with one attached hydrogen (secondary N) is 1. The topological polar surface area (TPSA) is 50.3 Å². The fraction of sp³-hybridized carbons (Fsp3) is 0.733.